The van der Waals surface area contributed by atoms with Crippen LogP contribution in [0.2, 0.25) is 0 Å². The van der Waals surface area contributed by atoms with Crippen molar-refractivity contribution >= 4 is 39.3 Å². The highest BCUT2D eigenvalue weighted by atomic mass is 32.2. The first kappa shape index (κ1) is 32.0. The highest BCUT2D eigenvalue weighted by Gasteiger charge is 2.34. The molecular formula is C31H39N3O5S2. The molecule has 0 heterocycles. The third kappa shape index (κ3) is 8.04. The van der Waals surface area contributed by atoms with Crippen LogP contribution in [0.5, 0.6) is 5.75 Å². The number of amides is 2. The number of carbonyl (C=O) groups excluding carboxylic acids is 2. The van der Waals surface area contributed by atoms with Gasteiger partial charge >= 0.3 is 0 Å². The number of aryl methyl sites for hydroxylation is 1. The van der Waals surface area contributed by atoms with Gasteiger partial charge in [0.2, 0.25) is 11.8 Å². The number of rotatable bonds is 14. The number of nitrogens with one attached hydrogen (secondary N) is 1. The first-order valence-electron chi connectivity index (χ1n) is 13.7. The van der Waals surface area contributed by atoms with Crippen LogP contribution in [0.15, 0.2) is 82.6 Å². The van der Waals surface area contributed by atoms with Gasteiger partial charge in [0, 0.05) is 18.0 Å². The first-order valence-corrected chi connectivity index (χ1v) is 16.3. The molecular weight excluding hydrogens is 558 g/mol. The number of sulfonamides is 1. The minimum absolute atomic E-state index is 0.0512. The van der Waals surface area contributed by atoms with E-state index < -0.39 is 28.5 Å². The Balaban J connectivity index is 2.11. The molecule has 0 saturated heterocycles. The van der Waals surface area contributed by atoms with Crippen molar-refractivity contribution in [2.24, 2.45) is 0 Å². The van der Waals surface area contributed by atoms with Crippen molar-refractivity contribution in [3.63, 3.8) is 0 Å². The average molecular weight is 598 g/mol. The van der Waals surface area contributed by atoms with Gasteiger partial charge in [0.1, 0.15) is 18.3 Å². The Morgan fingerprint density at radius 1 is 0.951 bits per heavy atom. The maximum Gasteiger partial charge on any atom is 0.264 e. The van der Waals surface area contributed by atoms with Crippen molar-refractivity contribution in [3.05, 3.63) is 83.9 Å². The van der Waals surface area contributed by atoms with Crippen LogP contribution < -0.4 is 14.4 Å². The Morgan fingerprint density at radius 3 is 2.20 bits per heavy atom. The number of anilines is 1. The lowest BCUT2D eigenvalue weighted by molar-refractivity contribution is -0.140. The predicted molar refractivity (Wildman–Crippen MR) is 165 cm³/mol. The summed E-state index contributed by atoms with van der Waals surface area (Å²) >= 11 is 1.50. The summed E-state index contributed by atoms with van der Waals surface area (Å²) in [6.07, 6.45) is 2.27. The first-order chi connectivity index (χ1) is 19.7. The number of hydrogen-bond donors (Lipinski definition) is 1. The van der Waals surface area contributed by atoms with Gasteiger partial charge in [-0.15, -0.1) is 11.8 Å². The third-order valence-electron chi connectivity index (χ3n) is 6.57. The van der Waals surface area contributed by atoms with Crippen molar-refractivity contribution in [1.29, 1.82) is 0 Å². The fourth-order valence-electron chi connectivity index (χ4n) is 4.43. The van der Waals surface area contributed by atoms with Crippen molar-refractivity contribution in [3.8, 4) is 5.75 Å². The largest absolute Gasteiger partial charge is 0.492 e. The topological polar surface area (TPSA) is 96.0 Å². The van der Waals surface area contributed by atoms with Gasteiger partial charge in [-0.1, -0.05) is 48.9 Å². The number of para-hydroxylation sites is 2. The zero-order valence-corrected chi connectivity index (χ0v) is 25.9. The molecule has 1 N–H and O–H groups in total. The van der Waals surface area contributed by atoms with Crippen molar-refractivity contribution in [1.82, 2.24) is 10.2 Å². The molecule has 0 aromatic heterocycles. The highest BCUT2D eigenvalue weighted by molar-refractivity contribution is 7.98. The van der Waals surface area contributed by atoms with E-state index in [0.717, 1.165) is 20.3 Å². The molecule has 0 radical (unpaired) electrons. The molecule has 41 heavy (non-hydrogen) atoms. The Bertz CT molecular complexity index is 1410. The molecule has 3 rings (SSSR count). The smallest absolute Gasteiger partial charge is 0.264 e. The summed E-state index contributed by atoms with van der Waals surface area (Å²) in [5.41, 5.74) is 2.15. The molecule has 0 aliphatic heterocycles. The molecule has 2 amide bonds. The van der Waals surface area contributed by atoms with E-state index in [1.807, 2.05) is 58.2 Å². The fraction of sp³-hybridized carbons (Fsp3) is 0.355. The molecule has 0 aliphatic carbocycles. The Hall–Kier alpha value is -3.50. The number of ether oxygens (including phenoxy) is 1. The van der Waals surface area contributed by atoms with Crippen molar-refractivity contribution < 1.29 is 22.7 Å². The molecule has 0 bridgehead atoms. The van der Waals surface area contributed by atoms with E-state index in [9.17, 15) is 18.0 Å². The molecule has 0 unspecified atom stereocenters. The molecule has 0 spiro atoms. The summed E-state index contributed by atoms with van der Waals surface area (Å²) < 4.78 is 35.1. The lowest BCUT2D eigenvalue weighted by Gasteiger charge is -2.33. The van der Waals surface area contributed by atoms with E-state index in [4.69, 9.17) is 4.74 Å². The van der Waals surface area contributed by atoms with E-state index in [1.54, 1.807) is 36.4 Å². The summed E-state index contributed by atoms with van der Waals surface area (Å²) in [5, 5.41) is 2.82. The van der Waals surface area contributed by atoms with E-state index in [1.165, 1.54) is 28.8 Å². The zero-order chi connectivity index (χ0) is 30.0. The number of likely N-dealkylation sites (N-methyl/N-ethyl adjacent to an activating group) is 1. The van der Waals surface area contributed by atoms with Crippen LogP contribution in [0, 0.1) is 6.92 Å². The molecule has 0 saturated carbocycles. The van der Waals surface area contributed by atoms with E-state index >= 15 is 0 Å². The summed E-state index contributed by atoms with van der Waals surface area (Å²) in [4.78, 5) is 29.7. The Kier molecular flexibility index (Phi) is 11.7. The molecule has 0 fully saturated rings. The van der Waals surface area contributed by atoms with Crippen LogP contribution in [0.3, 0.4) is 0 Å². The van der Waals surface area contributed by atoms with E-state index in [2.05, 4.69) is 5.32 Å². The van der Waals surface area contributed by atoms with Crippen molar-refractivity contribution in [2.45, 2.75) is 56.5 Å². The van der Waals surface area contributed by atoms with Gasteiger partial charge in [0.05, 0.1) is 17.2 Å². The van der Waals surface area contributed by atoms with Crippen LogP contribution in [-0.4, -0.2) is 57.1 Å². The SMILES string of the molecule is CCNC(=O)[C@H](CC)N(Cc1ccc(C)cc1)C(=O)CN(c1ccccc1OCC)S(=O)(=O)c1ccc(SC)cc1. The number of nitrogens with zero attached hydrogens (tertiary/aromatic N) is 2. The minimum Gasteiger partial charge on any atom is -0.492 e. The van der Waals surface area contributed by atoms with Gasteiger partial charge in [-0.2, -0.15) is 0 Å². The fourth-order valence-corrected chi connectivity index (χ4v) is 6.26. The average Bonchev–Trinajstić information content (AvgIpc) is 2.97. The van der Waals surface area contributed by atoms with Crippen LogP contribution in [0.25, 0.3) is 0 Å². The van der Waals surface area contributed by atoms with Gasteiger partial charge in [-0.3, -0.25) is 13.9 Å². The van der Waals surface area contributed by atoms with Gasteiger partial charge < -0.3 is 15.0 Å². The maximum absolute atomic E-state index is 14.2. The molecule has 8 nitrogen and oxygen atoms in total. The number of thioether (sulfide) groups is 1. The highest BCUT2D eigenvalue weighted by Crippen LogP contribution is 2.33. The second-order valence-corrected chi connectivity index (χ2v) is 12.2. The quantitative estimate of drug-likeness (QED) is 0.255. The number of carbonyl (C=O) groups is 2. The Labute approximate surface area is 248 Å². The summed E-state index contributed by atoms with van der Waals surface area (Å²) in [5.74, 6) is -0.445. The standard InChI is InChI=1S/C31H39N3O5S2/c1-6-27(31(36)32-7-2)33(21-24-15-13-23(4)14-16-24)30(35)22-34(28-11-9-10-12-29(28)39-8-3)41(37,38)26-19-17-25(40-5)18-20-26/h9-20,27H,6-8,21-22H2,1-5H3,(H,32,36)/t27-/m0/s1. The zero-order valence-electron chi connectivity index (χ0n) is 24.3. The van der Waals surface area contributed by atoms with Crippen molar-refractivity contribution in [2.75, 3.05) is 30.3 Å². The van der Waals surface area contributed by atoms with Gasteiger partial charge in [0.25, 0.3) is 10.0 Å². The lowest BCUT2D eigenvalue weighted by atomic mass is 10.1. The molecule has 220 valence electrons. The third-order valence-corrected chi connectivity index (χ3v) is 9.09. The molecule has 10 heteroatoms. The maximum atomic E-state index is 14.2. The Morgan fingerprint density at radius 2 is 1.61 bits per heavy atom. The van der Waals surface area contributed by atoms with E-state index in [0.29, 0.717) is 25.3 Å². The van der Waals surface area contributed by atoms with Gasteiger partial charge in [0.15, 0.2) is 0 Å². The minimum atomic E-state index is -4.19. The summed E-state index contributed by atoms with van der Waals surface area (Å²) in [6.45, 7) is 7.80. The van der Waals surface area contributed by atoms with Gasteiger partial charge in [-0.05, 0) is 75.4 Å². The molecule has 3 aromatic carbocycles. The van der Waals surface area contributed by atoms with Crippen LogP contribution in [-0.2, 0) is 26.2 Å². The van der Waals surface area contributed by atoms with Crippen LogP contribution in [0.1, 0.15) is 38.3 Å². The second-order valence-electron chi connectivity index (χ2n) is 9.41. The van der Waals surface area contributed by atoms with Gasteiger partial charge in [-0.25, -0.2) is 8.42 Å². The summed E-state index contributed by atoms with van der Waals surface area (Å²) in [7, 11) is -4.19. The molecule has 3 aromatic rings. The van der Waals surface area contributed by atoms with Crippen LogP contribution in [0.4, 0.5) is 5.69 Å². The number of hydrogen-bond acceptors (Lipinski definition) is 6. The predicted octanol–water partition coefficient (Wildman–Crippen LogP) is 5.25. The van der Waals surface area contributed by atoms with Crippen LogP contribution >= 0.6 is 11.8 Å². The summed E-state index contributed by atoms with van der Waals surface area (Å²) in [6, 6.07) is 20.2. The second kappa shape index (κ2) is 14.9. The number of benzene rings is 3. The molecule has 0 aliphatic rings. The lowest BCUT2D eigenvalue weighted by Crippen LogP contribution is -2.52. The van der Waals surface area contributed by atoms with E-state index in [-0.39, 0.29) is 23.0 Å². The normalized spacial score (nSPS) is 11.9. The molecule has 1 atom stereocenters. The monoisotopic (exact) mass is 597 g/mol.